The van der Waals surface area contributed by atoms with Crippen molar-refractivity contribution in [3.63, 3.8) is 0 Å². The van der Waals surface area contributed by atoms with Crippen molar-refractivity contribution in [2.24, 2.45) is 5.92 Å². The molecular formula is C14H15ClOS. The van der Waals surface area contributed by atoms with Crippen LogP contribution in [0.15, 0.2) is 42.5 Å². The van der Waals surface area contributed by atoms with Crippen LogP contribution < -0.4 is 0 Å². The first-order valence-electron chi connectivity index (χ1n) is 5.64. The highest BCUT2D eigenvalue weighted by atomic mass is 35.5. The molecule has 0 radical (unpaired) electrons. The minimum atomic E-state index is -0.419. The van der Waals surface area contributed by atoms with Gasteiger partial charge >= 0.3 is 0 Å². The highest BCUT2D eigenvalue weighted by molar-refractivity contribution is 7.16. The van der Waals surface area contributed by atoms with E-state index < -0.39 is 6.10 Å². The standard InChI is InChI=1S/C14H15ClOS/c1-10(9-12-7-8-13(15)17-12)14(16)11-5-3-2-4-6-11/h2-8,10,14,16H,9H2,1H3. The van der Waals surface area contributed by atoms with Gasteiger partial charge in [0.25, 0.3) is 0 Å². The van der Waals surface area contributed by atoms with E-state index in [1.54, 1.807) is 11.3 Å². The van der Waals surface area contributed by atoms with Crippen LogP contribution in [-0.4, -0.2) is 5.11 Å². The first kappa shape index (κ1) is 12.6. The Kier molecular flexibility index (Phi) is 4.21. The van der Waals surface area contributed by atoms with Crippen LogP contribution >= 0.6 is 22.9 Å². The van der Waals surface area contributed by atoms with Gasteiger partial charge in [0, 0.05) is 4.88 Å². The van der Waals surface area contributed by atoms with Crippen molar-refractivity contribution in [3.05, 3.63) is 57.2 Å². The molecule has 3 heteroatoms. The van der Waals surface area contributed by atoms with Crippen LogP contribution in [0.2, 0.25) is 4.34 Å². The van der Waals surface area contributed by atoms with Crippen molar-refractivity contribution in [1.29, 1.82) is 0 Å². The van der Waals surface area contributed by atoms with Crippen LogP contribution in [0.3, 0.4) is 0 Å². The topological polar surface area (TPSA) is 20.2 Å². The molecule has 2 unspecified atom stereocenters. The van der Waals surface area contributed by atoms with E-state index in [9.17, 15) is 5.11 Å². The Hall–Kier alpha value is -0.830. The van der Waals surface area contributed by atoms with Crippen molar-refractivity contribution < 1.29 is 5.11 Å². The van der Waals surface area contributed by atoms with E-state index >= 15 is 0 Å². The van der Waals surface area contributed by atoms with E-state index in [2.05, 4.69) is 6.92 Å². The zero-order chi connectivity index (χ0) is 12.3. The van der Waals surface area contributed by atoms with Crippen LogP contribution in [0.4, 0.5) is 0 Å². The molecule has 17 heavy (non-hydrogen) atoms. The molecule has 0 bridgehead atoms. The lowest BCUT2D eigenvalue weighted by atomic mass is 9.94. The number of aliphatic hydroxyl groups excluding tert-OH is 1. The average Bonchev–Trinajstić information content (AvgIpc) is 2.75. The average molecular weight is 267 g/mol. The molecule has 0 saturated carbocycles. The number of aliphatic hydroxyl groups is 1. The molecule has 0 saturated heterocycles. The Morgan fingerprint density at radius 3 is 2.47 bits per heavy atom. The monoisotopic (exact) mass is 266 g/mol. The second-order valence-corrected chi connectivity index (χ2v) is 6.04. The first-order chi connectivity index (χ1) is 8.16. The molecule has 0 aliphatic rings. The summed E-state index contributed by atoms with van der Waals surface area (Å²) in [4.78, 5) is 1.22. The molecule has 0 aliphatic carbocycles. The zero-order valence-electron chi connectivity index (χ0n) is 9.64. The van der Waals surface area contributed by atoms with Gasteiger partial charge < -0.3 is 5.11 Å². The maximum absolute atomic E-state index is 10.2. The van der Waals surface area contributed by atoms with Gasteiger partial charge in [0.2, 0.25) is 0 Å². The van der Waals surface area contributed by atoms with Crippen molar-refractivity contribution >= 4 is 22.9 Å². The van der Waals surface area contributed by atoms with Gasteiger partial charge in [-0.2, -0.15) is 0 Å². The highest BCUT2D eigenvalue weighted by Crippen LogP contribution is 2.29. The van der Waals surface area contributed by atoms with E-state index in [-0.39, 0.29) is 5.92 Å². The molecule has 1 nitrogen and oxygen atoms in total. The number of hydrogen-bond donors (Lipinski definition) is 1. The number of benzene rings is 1. The zero-order valence-corrected chi connectivity index (χ0v) is 11.2. The third-order valence-corrected chi connectivity index (χ3v) is 4.09. The Labute approximate surface area is 111 Å². The molecule has 1 aromatic heterocycles. The van der Waals surface area contributed by atoms with Gasteiger partial charge in [-0.15, -0.1) is 11.3 Å². The molecule has 2 atom stereocenters. The lowest BCUT2D eigenvalue weighted by Gasteiger charge is -2.18. The van der Waals surface area contributed by atoms with Crippen LogP contribution in [0, 0.1) is 5.92 Å². The normalized spacial score (nSPS) is 14.5. The minimum Gasteiger partial charge on any atom is -0.388 e. The number of halogens is 1. The molecule has 2 aromatic rings. The van der Waals surface area contributed by atoms with Crippen LogP contribution in [0.1, 0.15) is 23.5 Å². The van der Waals surface area contributed by atoms with Crippen molar-refractivity contribution in [2.75, 3.05) is 0 Å². The molecule has 0 fully saturated rings. The van der Waals surface area contributed by atoms with Crippen molar-refractivity contribution in [1.82, 2.24) is 0 Å². The van der Waals surface area contributed by atoms with Gasteiger partial charge in [0.1, 0.15) is 0 Å². The smallest absolute Gasteiger partial charge is 0.0931 e. The second kappa shape index (κ2) is 5.67. The van der Waals surface area contributed by atoms with Gasteiger partial charge in [-0.1, -0.05) is 48.9 Å². The Morgan fingerprint density at radius 2 is 1.88 bits per heavy atom. The number of thiophene rings is 1. The van der Waals surface area contributed by atoms with Gasteiger partial charge in [0.15, 0.2) is 0 Å². The summed E-state index contributed by atoms with van der Waals surface area (Å²) in [6.07, 6.45) is 0.435. The number of hydrogen-bond acceptors (Lipinski definition) is 2. The maximum atomic E-state index is 10.2. The Morgan fingerprint density at radius 1 is 1.18 bits per heavy atom. The minimum absolute atomic E-state index is 0.187. The molecule has 1 heterocycles. The Balaban J connectivity index is 2.03. The first-order valence-corrected chi connectivity index (χ1v) is 6.83. The third-order valence-electron chi connectivity index (χ3n) is 2.83. The van der Waals surface area contributed by atoms with Gasteiger partial charge in [-0.05, 0) is 30.0 Å². The van der Waals surface area contributed by atoms with Crippen LogP contribution in [-0.2, 0) is 6.42 Å². The van der Waals surface area contributed by atoms with Crippen molar-refractivity contribution in [3.8, 4) is 0 Å². The lowest BCUT2D eigenvalue weighted by Crippen LogP contribution is -2.11. The largest absolute Gasteiger partial charge is 0.388 e. The molecule has 0 aliphatic heterocycles. The van der Waals surface area contributed by atoms with Gasteiger partial charge in [0.05, 0.1) is 10.4 Å². The van der Waals surface area contributed by atoms with Gasteiger partial charge in [-0.25, -0.2) is 0 Å². The van der Waals surface area contributed by atoms with Crippen LogP contribution in [0.25, 0.3) is 0 Å². The molecule has 1 N–H and O–H groups in total. The van der Waals surface area contributed by atoms with E-state index in [4.69, 9.17) is 11.6 Å². The Bertz CT molecular complexity index is 466. The highest BCUT2D eigenvalue weighted by Gasteiger charge is 2.17. The lowest BCUT2D eigenvalue weighted by molar-refractivity contribution is 0.118. The summed E-state index contributed by atoms with van der Waals surface area (Å²) in [5, 5.41) is 10.2. The van der Waals surface area contributed by atoms with E-state index in [1.807, 2.05) is 42.5 Å². The van der Waals surface area contributed by atoms with Crippen molar-refractivity contribution in [2.45, 2.75) is 19.4 Å². The fourth-order valence-electron chi connectivity index (χ4n) is 1.87. The summed E-state index contributed by atoms with van der Waals surface area (Å²) in [6, 6.07) is 13.7. The predicted molar refractivity (Wildman–Crippen MR) is 73.6 cm³/mol. The fraction of sp³-hybridized carbons (Fsp3) is 0.286. The van der Waals surface area contributed by atoms with Gasteiger partial charge in [-0.3, -0.25) is 0 Å². The third kappa shape index (κ3) is 3.32. The summed E-state index contributed by atoms with van der Waals surface area (Å²) in [5.41, 5.74) is 0.975. The molecule has 90 valence electrons. The molecule has 2 rings (SSSR count). The van der Waals surface area contributed by atoms with E-state index in [0.717, 1.165) is 16.3 Å². The molecule has 1 aromatic carbocycles. The maximum Gasteiger partial charge on any atom is 0.0931 e. The molecule has 0 amide bonds. The summed E-state index contributed by atoms with van der Waals surface area (Å²) in [7, 11) is 0. The second-order valence-electron chi connectivity index (χ2n) is 4.24. The predicted octanol–water partition coefficient (Wildman–Crippen LogP) is 4.31. The van der Waals surface area contributed by atoms with Crippen LogP contribution in [0.5, 0.6) is 0 Å². The summed E-state index contributed by atoms with van der Waals surface area (Å²) in [6.45, 7) is 2.06. The summed E-state index contributed by atoms with van der Waals surface area (Å²) < 4.78 is 0.807. The quantitative estimate of drug-likeness (QED) is 0.874. The van der Waals surface area contributed by atoms with E-state index in [1.165, 1.54) is 4.88 Å². The molecular weight excluding hydrogens is 252 g/mol. The summed E-state index contributed by atoms with van der Waals surface area (Å²) in [5.74, 6) is 0.187. The number of rotatable bonds is 4. The SMILES string of the molecule is CC(Cc1ccc(Cl)s1)C(O)c1ccccc1. The fourth-order valence-corrected chi connectivity index (χ4v) is 3.10. The summed E-state index contributed by atoms with van der Waals surface area (Å²) >= 11 is 7.48. The van der Waals surface area contributed by atoms with E-state index in [0.29, 0.717) is 0 Å². The molecule has 0 spiro atoms.